The van der Waals surface area contributed by atoms with E-state index in [1.165, 1.54) is 103 Å². The third-order valence-electron chi connectivity index (χ3n) is 12.5. The quantitative estimate of drug-likeness (QED) is 0.0197. The number of allylic oxidation sites excluding steroid dienone is 15. The van der Waals surface area contributed by atoms with Crippen molar-refractivity contribution in [3.8, 4) is 0 Å². The number of carbonyl (C=O) groups is 3. The first-order chi connectivity index (χ1) is 37.2. The second kappa shape index (κ2) is 57.6. The van der Waals surface area contributed by atoms with E-state index in [0.29, 0.717) is 19.3 Å². The van der Waals surface area contributed by atoms with Crippen LogP contribution in [0.15, 0.2) is 97.2 Å². The number of aliphatic hydroxyl groups is 1. The molecule has 3 atom stereocenters. The number of carbonyl (C=O) groups excluding carboxylic acids is 3. The fourth-order valence-electron chi connectivity index (χ4n) is 7.92. The summed E-state index contributed by atoms with van der Waals surface area (Å²) in [5, 5.41) is 9.83. The van der Waals surface area contributed by atoms with Gasteiger partial charge in [0.2, 0.25) is 0 Å². The lowest BCUT2D eigenvalue weighted by Gasteiger charge is -2.21. The summed E-state index contributed by atoms with van der Waals surface area (Å²) in [5.74, 6) is -1.63. The monoisotopic (exact) mass is 1080 g/mol. The van der Waals surface area contributed by atoms with Gasteiger partial charge in [-0.05, 0) is 103 Å². The molecule has 0 bridgehead atoms. The van der Waals surface area contributed by atoms with E-state index in [-0.39, 0.29) is 19.3 Å². The van der Waals surface area contributed by atoms with Crippen LogP contribution >= 0.6 is 7.82 Å². The van der Waals surface area contributed by atoms with Crippen LogP contribution in [0.25, 0.3) is 0 Å². The van der Waals surface area contributed by atoms with E-state index >= 15 is 0 Å². The molecule has 0 aliphatic heterocycles. The number of esters is 3. The maximum Gasteiger partial charge on any atom is 0.472 e. The minimum Gasteiger partial charge on any atom is -0.461 e. The van der Waals surface area contributed by atoms with Crippen LogP contribution in [0.3, 0.4) is 0 Å². The third kappa shape index (κ3) is 55.2. The Hall–Kier alpha value is -3.60. The number of phosphoric ester groups is 1. The Labute approximate surface area is 463 Å². The molecular formula is C64H109O11P. The summed E-state index contributed by atoms with van der Waals surface area (Å²) in [7, 11) is -4.78. The minimum atomic E-state index is -4.78. The number of hydrogen-bond acceptors (Lipinski definition) is 10. The van der Waals surface area contributed by atoms with Crippen molar-refractivity contribution < 1.29 is 52.2 Å². The maximum atomic E-state index is 12.9. The van der Waals surface area contributed by atoms with Gasteiger partial charge in [0.15, 0.2) is 6.10 Å². The van der Waals surface area contributed by atoms with Crippen LogP contribution in [0.2, 0.25) is 0 Å². The first-order valence-electron chi connectivity index (χ1n) is 30.1. The van der Waals surface area contributed by atoms with Crippen LogP contribution in [-0.4, -0.2) is 66.5 Å². The molecule has 0 saturated carbocycles. The number of hydrogen-bond donors (Lipinski definition) is 2. The molecule has 0 aromatic rings. The molecule has 12 heteroatoms. The van der Waals surface area contributed by atoms with E-state index in [1.807, 2.05) is 12.2 Å². The highest BCUT2D eigenvalue weighted by Crippen LogP contribution is 2.43. The van der Waals surface area contributed by atoms with Gasteiger partial charge in [-0.3, -0.25) is 23.4 Å². The molecule has 3 unspecified atom stereocenters. The van der Waals surface area contributed by atoms with E-state index in [4.69, 9.17) is 23.3 Å². The van der Waals surface area contributed by atoms with Gasteiger partial charge in [0.25, 0.3) is 0 Å². The lowest BCUT2D eigenvalue weighted by atomic mass is 10.1. The Morgan fingerprint density at radius 2 is 0.724 bits per heavy atom. The molecule has 0 rings (SSSR count). The van der Waals surface area contributed by atoms with Gasteiger partial charge in [-0.1, -0.05) is 227 Å². The van der Waals surface area contributed by atoms with Gasteiger partial charge in [0, 0.05) is 12.8 Å². The molecule has 436 valence electrons. The van der Waals surface area contributed by atoms with Crippen LogP contribution < -0.4 is 0 Å². The Morgan fingerprint density at radius 3 is 1.16 bits per heavy atom. The summed E-state index contributed by atoms with van der Waals surface area (Å²) >= 11 is 0. The molecule has 2 N–H and O–H groups in total. The molecule has 0 saturated heterocycles. The van der Waals surface area contributed by atoms with Gasteiger partial charge in [-0.25, -0.2) is 4.57 Å². The highest BCUT2D eigenvalue weighted by atomic mass is 31.2. The van der Waals surface area contributed by atoms with Crippen LogP contribution in [-0.2, 0) is 42.2 Å². The number of phosphoric acid groups is 1. The Balaban J connectivity index is 4.80. The zero-order valence-corrected chi connectivity index (χ0v) is 49.1. The molecule has 0 fully saturated rings. The fourth-order valence-corrected chi connectivity index (χ4v) is 8.71. The highest BCUT2D eigenvalue weighted by molar-refractivity contribution is 7.47. The van der Waals surface area contributed by atoms with Gasteiger partial charge in [-0.15, -0.1) is 0 Å². The van der Waals surface area contributed by atoms with Gasteiger partial charge >= 0.3 is 25.7 Å². The summed E-state index contributed by atoms with van der Waals surface area (Å²) < 4.78 is 39.4. The third-order valence-corrected chi connectivity index (χ3v) is 13.4. The molecule has 0 amide bonds. The zero-order valence-electron chi connectivity index (χ0n) is 48.2. The van der Waals surface area contributed by atoms with Crippen molar-refractivity contribution in [3.05, 3.63) is 97.2 Å². The van der Waals surface area contributed by atoms with Crippen molar-refractivity contribution >= 4 is 25.7 Å². The van der Waals surface area contributed by atoms with E-state index in [0.717, 1.165) is 89.9 Å². The molecular weight excluding hydrogens is 976 g/mol. The van der Waals surface area contributed by atoms with Crippen LogP contribution in [0.1, 0.15) is 252 Å². The zero-order chi connectivity index (χ0) is 55.5. The molecule has 0 spiro atoms. The predicted molar refractivity (Wildman–Crippen MR) is 316 cm³/mol. The summed E-state index contributed by atoms with van der Waals surface area (Å²) in [6.45, 7) is 4.39. The lowest BCUT2D eigenvalue weighted by molar-refractivity contribution is -0.161. The van der Waals surface area contributed by atoms with Crippen LogP contribution in [0.4, 0.5) is 0 Å². The Morgan fingerprint density at radius 1 is 0.395 bits per heavy atom. The number of unbranched alkanes of at least 4 members (excludes halogenated alkanes) is 23. The maximum absolute atomic E-state index is 12.9. The van der Waals surface area contributed by atoms with Crippen molar-refractivity contribution in [3.63, 3.8) is 0 Å². The molecule has 0 aromatic carbocycles. The van der Waals surface area contributed by atoms with Crippen molar-refractivity contribution in [2.75, 3.05) is 26.4 Å². The molecule has 0 aliphatic rings. The summed E-state index contributed by atoms with van der Waals surface area (Å²) in [4.78, 5) is 48.5. The second-order valence-corrected chi connectivity index (χ2v) is 21.2. The molecule has 11 nitrogen and oxygen atoms in total. The minimum absolute atomic E-state index is 0.0108. The molecule has 76 heavy (non-hydrogen) atoms. The topological polar surface area (TPSA) is 155 Å². The summed E-state index contributed by atoms with van der Waals surface area (Å²) in [6, 6.07) is 0. The molecule has 0 heterocycles. The fraction of sp³-hybridized carbons (Fsp3) is 0.703. The molecule has 0 aromatic heterocycles. The van der Waals surface area contributed by atoms with Gasteiger partial charge in [-0.2, -0.15) is 0 Å². The summed E-state index contributed by atoms with van der Waals surface area (Å²) in [5.41, 5.74) is 0. The average Bonchev–Trinajstić information content (AvgIpc) is 3.41. The highest BCUT2D eigenvalue weighted by Gasteiger charge is 2.28. The summed E-state index contributed by atoms with van der Waals surface area (Å²) in [6.07, 6.45) is 68.2. The van der Waals surface area contributed by atoms with Crippen LogP contribution in [0, 0.1) is 0 Å². The first-order valence-corrected chi connectivity index (χ1v) is 31.6. The Bertz CT molecular complexity index is 1640. The second-order valence-electron chi connectivity index (χ2n) is 19.8. The number of aliphatic hydroxyl groups excluding tert-OH is 1. The average molecular weight is 1090 g/mol. The molecule has 0 radical (unpaired) electrons. The van der Waals surface area contributed by atoms with Crippen LogP contribution in [0.5, 0.6) is 0 Å². The number of rotatable bonds is 55. The first kappa shape index (κ1) is 72.4. The van der Waals surface area contributed by atoms with E-state index in [1.54, 1.807) is 6.08 Å². The van der Waals surface area contributed by atoms with E-state index in [2.05, 4.69) is 99.8 Å². The molecule has 0 aliphatic carbocycles. The van der Waals surface area contributed by atoms with Crippen molar-refractivity contribution in [1.29, 1.82) is 0 Å². The van der Waals surface area contributed by atoms with Gasteiger partial charge < -0.3 is 24.2 Å². The number of ether oxygens (including phenoxy) is 3. The van der Waals surface area contributed by atoms with E-state index in [9.17, 15) is 28.9 Å². The lowest BCUT2D eigenvalue weighted by Crippen LogP contribution is -2.30. The standard InChI is InChI=1S/C64H109O11P/c1-4-7-10-13-16-19-22-25-28-30-33-36-39-42-45-48-51-54-63(67)74-60(56-65)58-72-76(69,70)73-59-61(57-71-62(66)53-50-47-44-41-38-35-32-27-24-21-18-15-12-9-6-3)75-64(68)55-52-49-46-43-40-37-34-31-29-26-23-20-17-14-11-8-5-2/h9,12,17-18,20-21,25-29,32,38,41,47,50,60-61,65H,4-8,10-11,13-16,19,22-24,30-31,33-37,39-40,42-46,48-49,51-59H2,1-3H3,(H,69,70)/b12-9-,20-17-,21-18-,28-25-,29-26-,32-27-,41-38-,50-47-. The smallest absolute Gasteiger partial charge is 0.461 e. The largest absolute Gasteiger partial charge is 0.472 e. The normalized spacial score (nSPS) is 14.0. The van der Waals surface area contributed by atoms with Gasteiger partial charge in [0.05, 0.1) is 26.2 Å². The SMILES string of the molecule is CC/C=C\C/C=C\C/C=C\C/C=C\C/C=C\CC(=O)OCC(COP(=O)(O)OCC(CO)OC(=O)CCCCCCCCC/C=C\CCCCCCCC)OC(=O)CCCCCCCCC/C=C\C/C=C\CCCCC. The predicted octanol–water partition coefficient (Wildman–Crippen LogP) is 18.0. The van der Waals surface area contributed by atoms with E-state index < -0.39 is 64.4 Å². The van der Waals surface area contributed by atoms with Crippen molar-refractivity contribution in [2.45, 2.75) is 264 Å². The van der Waals surface area contributed by atoms with Crippen molar-refractivity contribution in [1.82, 2.24) is 0 Å². The Kier molecular flexibility index (Phi) is 54.8. The van der Waals surface area contributed by atoms with Crippen molar-refractivity contribution in [2.24, 2.45) is 0 Å². The van der Waals surface area contributed by atoms with Gasteiger partial charge in [0.1, 0.15) is 12.7 Å².